The summed E-state index contributed by atoms with van der Waals surface area (Å²) in [6.07, 6.45) is 0.138. The van der Waals surface area contributed by atoms with Crippen molar-refractivity contribution in [2.75, 3.05) is 49.1 Å². The van der Waals surface area contributed by atoms with Crippen molar-refractivity contribution < 1.29 is 27.5 Å². The number of ether oxygens (including phenoxy) is 1. The monoisotopic (exact) mass is 517 g/mol. The summed E-state index contributed by atoms with van der Waals surface area (Å²) in [4.78, 5) is 40.6. The lowest BCUT2D eigenvalue weighted by molar-refractivity contribution is -0.152. The van der Waals surface area contributed by atoms with Crippen LogP contribution in [0.25, 0.3) is 0 Å². The molecule has 0 spiro atoms. The largest absolute Gasteiger partial charge is 0.466 e. The van der Waals surface area contributed by atoms with E-state index >= 15 is 0 Å². The summed E-state index contributed by atoms with van der Waals surface area (Å²) in [7, 11) is 0. The summed E-state index contributed by atoms with van der Waals surface area (Å²) in [5.41, 5.74) is 0.578. The molecule has 0 bridgehead atoms. The van der Waals surface area contributed by atoms with E-state index in [4.69, 9.17) is 4.74 Å². The van der Waals surface area contributed by atoms with E-state index in [1.54, 1.807) is 30.3 Å². The minimum absolute atomic E-state index is 0.0869. The third-order valence-electron chi connectivity index (χ3n) is 7.62. The molecule has 0 saturated carbocycles. The van der Waals surface area contributed by atoms with Gasteiger partial charge in [-0.15, -0.1) is 0 Å². The Bertz CT molecular complexity index is 1140. The highest BCUT2D eigenvalue weighted by Gasteiger charge is 2.45. The summed E-state index contributed by atoms with van der Waals surface area (Å²) in [5.74, 6) is -0.514. The molecule has 5 rings (SSSR count). The van der Waals surface area contributed by atoms with Crippen LogP contribution in [-0.4, -0.2) is 72.1 Å². The molecule has 3 aliphatic rings. The highest BCUT2D eigenvalue weighted by molar-refractivity contribution is 5.83. The van der Waals surface area contributed by atoms with Crippen LogP contribution in [0.5, 0.6) is 0 Å². The predicted molar refractivity (Wildman–Crippen MR) is 130 cm³/mol. The molecule has 0 radical (unpaired) electrons. The first-order valence-corrected chi connectivity index (χ1v) is 12.7. The fourth-order valence-electron chi connectivity index (χ4n) is 5.75. The minimum Gasteiger partial charge on any atom is -0.466 e. The number of amides is 1. The van der Waals surface area contributed by atoms with Gasteiger partial charge in [0.25, 0.3) is 0 Å². The van der Waals surface area contributed by atoms with E-state index in [0.717, 1.165) is 11.8 Å². The number of benzene rings is 1. The number of esters is 1. The van der Waals surface area contributed by atoms with E-state index in [0.29, 0.717) is 63.7 Å². The molecule has 3 aliphatic heterocycles. The van der Waals surface area contributed by atoms with Crippen LogP contribution in [0.1, 0.15) is 30.9 Å². The van der Waals surface area contributed by atoms with Crippen molar-refractivity contribution in [1.82, 2.24) is 14.9 Å². The SMILES string of the molecule is CCOC(=O)C1CCN(C(=O)[C@@H]2Cc3cc(C(F)(F)F)ccc3N3CCN(c4ncccn4)C[C@@H]23)CC1. The van der Waals surface area contributed by atoms with Crippen molar-refractivity contribution in [2.24, 2.45) is 11.8 Å². The van der Waals surface area contributed by atoms with Crippen molar-refractivity contribution in [3.05, 3.63) is 47.8 Å². The van der Waals surface area contributed by atoms with Crippen LogP contribution in [0, 0.1) is 11.8 Å². The Morgan fingerprint density at radius 2 is 1.81 bits per heavy atom. The van der Waals surface area contributed by atoms with Gasteiger partial charge in [-0.1, -0.05) is 0 Å². The maximum atomic E-state index is 13.9. The van der Waals surface area contributed by atoms with Gasteiger partial charge in [-0.3, -0.25) is 9.59 Å². The number of piperazine rings is 1. The van der Waals surface area contributed by atoms with Crippen molar-refractivity contribution in [3.8, 4) is 0 Å². The Morgan fingerprint density at radius 1 is 1.08 bits per heavy atom. The topological polar surface area (TPSA) is 78.9 Å². The Balaban J connectivity index is 1.41. The number of likely N-dealkylation sites (tertiary alicyclic amines) is 1. The number of aromatic nitrogens is 2. The molecule has 0 unspecified atom stereocenters. The molecule has 0 aliphatic carbocycles. The molecule has 0 N–H and O–H groups in total. The van der Waals surface area contributed by atoms with Gasteiger partial charge in [0.1, 0.15) is 0 Å². The number of hydrogen-bond donors (Lipinski definition) is 0. The van der Waals surface area contributed by atoms with Crippen molar-refractivity contribution in [1.29, 1.82) is 0 Å². The second-order valence-electron chi connectivity index (χ2n) is 9.76. The molecule has 1 amide bonds. The third-order valence-corrected chi connectivity index (χ3v) is 7.62. The van der Waals surface area contributed by atoms with Crippen LogP contribution < -0.4 is 9.80 Å². The molecule has 2 aromatic rings. The Morgan fingerprint density at radius 3 is 2.49 bits per heavy atom. The predicted octanol–water partition coefficient (Wildman–Crippen LogP) is 3.16. The number of piperidine rings is 1. The summed E-state index contributed by atoms with van der Waals surface area (Å²) in [6.45, 7) is 4.54. The Hall–Kier alpha value is -3.37. The number of fused-ring (bicyclic) bond motifs is 3. The zero-order valence-corrected chi connectivity index (χ0v) is 20.7. The van der Waals surface area contributed by atoms with Gasteiger partial charge in [-0.05, 0) is 56.0 Å². The smallest absolute Gasteiger partial charge is 0.416 e. The average molecular weight is 518 g/mol. The summed E-state index contributed by atoms with van der Waals surface area (Å²) in [6, 6.07) is 5.33. The average Bonchev–Trinajstić information content (AvgIpc) is 2.91. The highest BCUT2D eigenvalue weighted by Crippen LogP contribution is 2.40. The summed E-state index contributed by atoms with van der Waals surface area (Å²) >= 11 is 0. The maximum absolute atomic E-state index is 13.9. The van der Waals surface area contributed by atoms with Crippen LogP contribution in [0.4, 0.5) is 24.8 Å². The van der Waals surface area contributed by atoms with Gasteiger partial charge in [0.2, 0.25) is 11.9 Å². The number of nitrogens with zero attached hydrogens (tertiary/aromatic N) is 5. The number of rotatable bonds is 4. The van der Waals surface area contributed by atoms with Crippen LogP contribution in [0.3, 0.4) is 0 Å². The third kappa shape index (κ3) is 5.08. The number of alkyl halides is 3. The lowest BCUT2D eigenvalue weighted by Gasteiger charge is -2.50. The lowest BCUT2D eigenvalue weighted by Crippen LogP contribution is -2.62. The Labute approximate surface area is 213 Å². The quantitative estimate of drug-likeness (QED) is 0.577. The van der Waals surface area contributed by atoms with E-state index < -0.39 is 17.7 Å². The first-order valence-electron chi connectivity index (χ1n) is 12.7. The van der Waals surface area contributed by atoms with Crippen LogP contribution in [0.15, 0.2) is 36.7 Å². The first kappa shape index (κ1) is 25.3. The number of carbonyl (C=O) groups excluding carboxylic acids is 2. The van der Waals surface area contributed by atoms with Crippen molar-refractivity contribution in [2.45, 2.75) is 38.4 Å². The normalized spacial score (nSPS) is 22.3. The van der Waals surface area contributed by atoms with Crippen LogP contribution in [-0.2, 0) is 26.9 Å². The zero-order chi connectivity index (χ0) is 26.2. The molecule has 1 aromatic carbocycles. The van der Waals surface area contributed by atoms with E-state index in [1.165, 1.54) is 12.1 Å². The van der Waals surface area contributed by atoms with E-state index in [2.05, 4.69) is 14.9 Å². The fourth-order valence-corrected chi connectivity index (χ4v) is 5.75. The van der Waals surface area contributed by atoms with Gasteiger partial charge in [0.05, 0.1) is 30.0 Å². The van der Waals surface area contributed by atoms with Gasteiger partial charge in [0, 0.05) is 50.8 Å². The molecule has 8 nitrogen and oxygen atoms in total. The molecule has 11 heteroatoms. The van der Waals surface area contributed by atoms with Crippen molar-refractivity contribution >= 4 is 23.5 Å². The molecule has 2 saturated heterocycles. The number of hydrogen-bond acceptors (Lipinski definition) is 7. The van der Waals surface area contributed by atoms with Gasteiger partial charge < -0.3 is 19.4 Å². The van der Waals surface area contributed by atoms with Crippen molar-refractivity contribution in [3.63, 3.8) is 0 Å². The number of halogens is 3. The highest BCUT2D eigenvalue weighted by atomic mass is 19.4. The number of carbonyl (C=O) groups is 2. The molecule has 198 valence electrons. The molecule has 2 fully saturated rings. The first-order chi connectivity index (χ1) is 17.8. The number of anilines is 2. The molecule has 1 aromatic heterocycles. The standard InChI is InChI=1S/C26H30F3N5O3/c1-2-37-24(36)17-6-10-32(11-7-17)23(35)20-15-18-14-19(26(27,28)29)4-5-21(18)34-13-12-33(16-22(20)34)25-30-8-3-9-31-25/h3-5,8-9,14,17,20,22H,2,6-7,10-13,15-16H2,1H3/t20-,22+/m1/s1. The van der Waals surface area contributed by atoms with Gasteiger partial charge in [-0.25, -0.2) is 9.97 Å². The second kappa shape index (κ2) is 10.2. The molecule has 37 heavy (non-hydrogen) atoms. The second-order valence-corrected chi connectivity index (χ2v) is 9.76. The van der Waals surface area contributed by atoms with Crippen LogP contribution >= 0.6 is 0 Å². The summed E-state index contributed by atoms with van der Waals surface area (Å²) in [5, 5.41) is 0. The van der Waals surface area contributed by atoms with Gasteiger partial charge in [0.15, 0.2) is 0 Å². The van der Waals surface area contributed by atoms with E-state index in [-0.39, 0.29) is 30.3 Å². The van der Waals surface area contributed by atoms with Gasteiger partial charge >= 0.3 is 12.1 Å². The maximum Gasteiger partial charge on any atom is 0.416 e. The van der Waals surface area contributed by atoms with Gasteiger partial charge in [-0.2, -0.15) is 13.2 Å². The lowest BCUT2D eigenvalue weighted by atomic mass is 9.82. The Kier molecular flexibility index (Phi) is 6.96. The molecule has 2 atom stereocenters. The fraction of sp³-hybridized carbons (Fsp3) is 0.538. The van der Waals surface area contributed by atoms with E-state index in [9.17, 15) is 22.8 Å². The molecular formula is C26H30F3N5O3. The van der Waals surface area contributed by atoms with Crippen LogP contribution in [0.2, 0.25) is 0 Å². The molecular weight excluding hydrogens is 487 g/mol. The minimum atomic E-state index is -4.45. The summed E-state index contributed by atoms with van der Waals surface area (Å²) < 4.78 is 45.6. The molecule has 4 heterocycles. The zero-order valence-electron chi connectivity index (χ0n) is 20.7. The van der Waals surface area contributed by atoms with E-state index in [1.807, 2.05) is 4.90 Å².